The molecule has 1 unspecified atom stereocenters. The highest BCUT2D eigenvalue weighted by atomic mass is 19.1. The molecule has 0 amide bonds. The first-order valence-corrected chi connectivity index (χ1v) is 8.86. The third-order valence-corrected chi connectivity index (χ3v) is 4.34. The zero-order valence-electron chi connectivity index (χ0n) is 15.7. The second-order valence-electron chi connectivity index (χ2n) is 6.26. The molecule has 7 heteroatoms. The minimum absolute atomic E-state index is 0.0208. The van der Waals surface area contributed by atoms with Crippen LogP contribution in [0.3, 0.4) is 0 Å². The molecule has 1 aromatic heterocycles. The number of nitrogens with one attached hydrogen (secondary N) is 2. The molecule has 2 aromatic carbocycles. The van der Waals surface area contributed by atoms with Crippen LogP contribution in [0, 0.1) is 17.1 Å². The summed E-state index contributed by atoms with van der Waals surface area (Å²) in [6.45, 7) is 2.29. The van der Waals surface area contributed by atoms with Crippen LogP contribution in [0.5, 0.6) is 0 Å². The Morgan fingerprint density at radius 1 is 1.29 bits per heavy atom. The molecule has 2 N–H and O–H groups in total. The SMILES string of the molecule is CN=C(NCc1ccc(C#N)cc1F)NC(C)c1cccc(-n2cccn2)c1. The van der Waals surface area contributed by atoms with Gasteiger partial charge in [-0.05, 0) is 42.8 Å². The number of hydrogen-bond acceptors (Lipinski definition) is 3. The van der Waals surface area contributed by atoms with Crippen LogP contribution >= 0.6 is 0 Å². The topological polar surface area (TPSA) is 78.0 Å². The van der Waals surface area contributed by atoms with Crippen molar-refractivity contribution in [2.45, 2.75) is 19.5 Å². The fraction of sp³-hybridized carbons (Fsp3) is 0.190. The Labute approximate surface area is 163 Å². The Morgan fingerprint density at radius 3 is 2.82 bits per heavy atom. The summed E-state index contributed by atoms with van der Waals surface area (Å²) < 4.78 is 15.8. The Hall–Kier alpha value is -3.66. The molecule has 1 atom stereocenters. The summed E-state index contributed by atoms with van der Waals surface area (Å²) in [5.41, 5.74) is 2.81. The molecule has 0 fully saturated rings. The van der Waals surface area contributed by atoms with Crippen LogP contribution in [-0.2, 0) is 6.54 Å². The maximum atomic E-state index is 14.0. The molecule has 3 rings (SSSR count). The van der Waals surface area contributed by atoms with Gasteiger partial charge in [0.2, 0.25) is 0 Å². The van der Waals surface area contributed by atoms with Crippen LogP contribution in [0.15, 0.2) is 65.9 Å². The molecule has 0 aliphatic carbocycles. The molecular weight excluding hydrogens is 355 g/mol. The second-order valence-corrected chi connectivity index (χ2v) is 6.26. The molecule has 28 heavy (non-hydrogen) atoms. The van der Waals surface area contributed by atoms with Gasteiger partial charge in [0, 0.05) is 31.5 Å². The molecular formula is C21H21FN6. The molecule has 0 spiro atoms. The molecule has 3 aromatic rings. The van der Waals surface area contributed by atoms with Gasteiger partial charge in [0.25, 0.3) is 0 Å². The van der Waals surface area contributed by atoms with E-state index in [1.165, 1.54) is 6.07 Å². The second kappa shape index (κ2) is 8.82. The van der Waals surface area contributed by atoms with Crippen molar-refractivity contribution in [3.8, 4) is 11.8 Å². The van der Waals surface area contributed by atoms with Crippen LogP contribution in [0.1, 0.15) is 29.7 Å². The molecule has 0 saturated heterocycles. The normalized spacial score (nSPS) is 12.3. The molecule has 0 bridgehead atoms. The first-order valence-electron chi connectivity index (χ1n) is 8.86. The van der Waals surface area contributed by atoms with Crippen molar-refractivity contribution in [3.63, 3.8) is 0 Å². The van der Waals surface area contributed by atoms with Gasteiger partial charge in [-0.2, -0.15) is 10.4 Å². The molecule has 1 heterocycles. The largest absolute Gasteiger partial charge is 0.352 e. The van der Waals surface area contributed by atoms with Gasteiger partial charge in [-0.3, -0.25) is 4.99 Å². The molecule has 0 aliphatic heterocycles. The minimum atomic E-state index is -0.415. The van der Waals surface area contributed by atoms with E-state index in [-0.39, 0.29) is 12.6 Å². The van der Waals surface area contributed by atoms with Gasteiger partial charge in [0.15, 0.2) is 5.96 Å². The first kappa shape index (κ1) is 19.1. The van der Waals surface area contributed by atoms with Crippen molar-refractivity contribution in [1.82, 2.24) is 20.4 Å². The van der Waals surface area contributed by atoms with E-state index in [9.17, 15) is 4.39 Å². The molecule has 0 saturated carbocycles. The van der Waals surface area contributed by atoms with E-state index in [1.54, 1.807) is 30.1 Å². The summed E-state index contributed by atoms with van der Waals surface area (Å²) in [5.74, 6) is 0.141. The van der Waals surface area contributed by atoms with Crippen molar-refractivity contribution >= 4 is 5.96 Å². The Morgan fingerprint density at radius 2 is 2.14 bits per heavy atom. The fourth-order valence-corrected chi connectivity index (χ4v) is 2.78. The Kier molecular flexibility index (Phi) is 6.02. The summed E-state index contributed by atoms with van der Waals surface area (Å²) in [7, 11) is 1.66. The van der Waals surface area contributed by atoms with Crippen LogP contribution < -0.4 is 10.6 Å². The maximum absolute atomic E-state index is 14.0. The summed E-state index contributed by atoms with van der Waals surface area (Å²) in [5, 5.41) is 19.5. The van der Waals surface area contributed by atoms with Gasteiger partial charge in [-0.1, -0.05) is 18.2 Å². The van der Waals surface area contributed by atoms with Gasteiger partial charge >= 0.3 is 0 Å². The van der Waals surface area contributed by atoms with Gasteiger partial charge in [0.1, 0.15) is 5.82 Å². The highest BCUT2D eigenvalue weighted by Crippen LogP contribution is 2.16. The zero-order valence-corrected chi connectivity index (χ0v) is 15.7. The predicted molar refractivity (Wildman–Crippen MR) is 106 cm³/mol. The number of nitriles is 1. The van der Waals surface area contributed by atoms with Gasteiger partial charge < -0.3 is 10.6 Å². The van der Waals surface area contributed by atoms with Gasteiger partial charge in [-0.25, -0.2) is 9.07 Å². The van der Waals surface area contributed by atoms with Crippen molar-refractivity contribution in [3.05, 3.63) is 83.4 Å². The minimum Gasteiger partial charge on any atom is -0.352 e. The molecule has 142 valence electrons. The molecule has 6 nitrogen and oxygen atoms in total. The molecule has 0 radical (unpaired) electrons. The van der Waals surface area contributed by atoms with E-state index in [0.29, 0.717) is 17.1 Å². The lowest BCUT2D eigenvalue weighted by Crippen LogP contribution is -2.38. The summed E-state index contributed by atoms with van der Waals surface area (Å²) >= 11 is 0. The number of hydrogen-bond donors (Lipinski definition) is 2. The number of nitrogens with zero attached hydrogens (tertiary/aromatic N) is 4. The summed E-state index contributed by atoms with van der Waals surface area (Å²) in [6.07, 6.45) is 3.63. The number of aromatic nitrogens is 2. The third kappa shape index (κ3) is 4.54. The summed E-state index contributed by atoms with van der Waals surface area (Å²) in [4.78, 5) is 4.21. The monoisotopic (exact) mass is 376 g/mol. The van der Waals surface area contributed by atoms with Gasteiger partial charge in [-0.15, -0.1) is 0 Å². The lowest BCUT2D eigenvalue weighted by molar-refractivity contribution is 0.602. The average Bonchev–Trinajstić information content (AvgIpc) is 3.26. The van der Waals surface area contributed by atoms with Crippen molar-refractivity contribution in [1.29, 1.82) is 5.26 Å². The van der Waals surface area contributed by atoms with Crippen LogP contribution in [0.2, 0.25) is 0 Å². The van der Waals surface area contributed by atoms with Crippen LogP contribution in [-0.4, -0.2) is 22.8 Å². The van der Waals surface area contributed by atoms with Crippen molar-refractivity contribution in [2.75, 3.05) is 7.05 Å². The summed E-state index contributed by atoms with van der Waals surface area (Å²) in [6, 6.07) is 16.3. The van der Waals surface area contributed by atoms with E-state index in [2.05, 4.69) is 26.8 Å². The Bertz CT molecular complexity index is 1000. The van der Waals surface area contributed by atoms with Crippen molar-refractivity contribution in [2.24, 2.45) is 4.99 Å². The predicted octanol–water partition coefficient (Wildman–Crippen LogP) is 3.31. The van der Waals surface area contributed by atoms with E-state index in [0.717, 1.165) is 11.3 Å². The van der Waals surface area contributed by atoms with Crippen LogP contribution in [0.25, 0.3) is 5.69 Å². The third-order valence-electron chi connectivity index (χ3n) is 4.34. The van der Waals surface area contributed by atoms with Crippen LogP contribution in [0.4, 0.5) is 4.39 Å². The zero-order chi connectivity index (χ0) is 19.9. The standard InChI is InChI=1S/C21H21FN6/c1-15(17-5-3-6-19(12-17)28-10-4-9-26-28)27-21(24-2)25-14-18-8-7-16(13-23)11-20(18)22/h3-12,15H,14H2,1-2H3,(H2,24,25,27). The lowest BCUT2D eigenvalue weighted by atomic mass is 10.1. The number of halogens is 1. The first-order chi connectivity index (χ1) is 13.6. The van der Waals surface area contributed by atoms with E-state index < -0.39 is 5.82 Å². The smallest absolute Gasteiger partial charge is 0.191 e. The Balaban J connectivity index is 1.65. The van der Waals surface area contributed by atoms with Gasteiger partial charge in [0.05, 0.1) is 23.4 Å². The molecule has 0 aliphatic rings. The average molecular weight is 376 g/mol. The lowest BCUT2D eigenvalue weighted by Gasteiger charge is -2.19. The quantitative estimate of drug-likeness (QED) is 0.529. The highest BCUT2D eigenvalue weighted by Gasteiger charge is 2.10. The number of guanidine groups is 1. The maximum Gasteiger partial charge on any atom is 0.191 e. The van der Waals surface area contributed by atoms with E-state index in [1.807, 2.05) is 43.5 Å². The fourth-order valence-electron chi connectivity index (χ4n) is 2.78. The number of benzene rings is 2. The highest BCUT2D eigenvalue weighted by molar-refractivity contribution is 5.80. The van der Waals surface area contributed by atoms with E-state index in [4.69, 9.17) is 5.26 Å². The number of aliphatic imine (C=N–C) groups is 1. The van der Waals surface area contributed by atoms with E-state index >= 15 is 0 Å². The van der Waals surface area contributed by atoms with Crippen molar-refractivity contribution < 1.29 is 4.39 Å². The number of rotatable bonds is 5.